The van der Waals surface area contributed by atoms with E-state index < -0.39 is 6.10 Å². The van der Waals surface area contributed by atoms with Crippen LogP contribution in [-0.4, -0.2) is 50.0 Å². The minimum absolute atomic E-state index is 0.168. The van der Waals surface area contributed by atoms with Gasteiger partial charge in [-0.1, -0.05) is 24.3 Å². The van der Waals surface area contributed by atoms with Crippen LogP contribution in [0.25, 0.3) is 5.65 Å². The van der Waals surface area contributed by atoms with Crippen LogP contribution in [-0.2, 0) is 0 Å². The predicted molar refractivity (Wildman–Crippen MR) is 89.0 cm³/mol. The van der Waals surface area contributed by atoms with Crippen molar-refractivity contribution in [1.82, 2.24) is 14.6 Å². The minimum Gasteiger partial charge on any atom is -0.394 e. The maximum Gasteiger partial charge on any atom is 0.258 e. The van der Waals surface area contributed by atoms with Crippen LogP contribution in [0.2, 0.25) is 0 Å². The Morgan fingerprint density at radius 2 is 1.96 bits per heavy atom. The Balaban J connectivity index is 1.79. The van der Waals surface area contributed by atoms with E-state index in [1.807, 2.05) is 6.07 Å². The largest absolute Gasteiger partial charge is 0.394 e. The summed E-state index contributed by atoms with van der Waals surface area (Å²) in [6.07, 6.45) is -0.874. The van der Waals surface area contributed by atoms with Crippen molar-refractivity contribution in [3.63, 3.8) is 0 Å². The number of anilines is 2. The average Bonchev–Trinajstić information content (AvgIpc) is 3.03. The second-order valence-electron chi connectivity index (χ2n) is 5.15. The Kier molecular flexibility index (Phi) is 4.69. The highest BCUT2D eigenvalue weighted by Crippen LogP contribution is 2.13. The molecule has 0 saturated heterocycles. The zero-order valence-electron chi connectivity index (χ0n) is 12.8. The molecule has 1 unspecified atom stereocenters. The first-order chi connectivity index (χ1) is 11.7. The number of carbonyl (C=O) groups excluding carboxylic acids is 1. The average molecular weight is 327 g/mol. The number of hydrogen-bond acceptors (Lipinski definition) is 6. The maximum absolute atomic E-state index is 12.2. The third-order valence-electron chi connectivity index (χ3n) is 3.35. The summed E-state index contributed by atoms with van der Waals surface area (Å²) in [6.45, 7) is -0.167. The van der Waals surface area contributed by atoms with E-state index in [0.717, 1.165) is 0 Å². The summed E-state index contributed by atoms with van der Waals surface area (Å²) in [5.74, 6) is 0.477. The molecule has 1 aromatic carbocycles. The normalized spacial score (nSPS) is 12.1. The van der Waals surface area contributed by atoms with E-state index in [-0.39, 0.29) is 25.0 Å². The molecule has 8 heteroatoms. The lowest BCUT2D eigenvalue weighted by Gasteiger charge is -2.10. The molecule has 1 atom stereocenters. The molecule has 124 valence electrons. The van der Waals surface area contributed by atoms with Crippen LogP contribution in [0.1, 0.15) is 10.4 Å². The molecular weight excluding hydrogens is 310 g/mol. The first-order valence-corrected chi connectivity index (χ1v) is 7.42. The Bertz CT molecular complexity index is 834. The molecule has 0 aliphatic rings. The van der Waals surface area contributed by atoms with Crippen LogP contribution in [0.4, 0.5) is 11.8 Å². The summed E-state index contributed by atoms with van der Waals surface area (Å²) in [5.41, 5.74) is 1.06. The van der Waals surface area contributed by atoms with Crippen molar-refractivity contribution in [1.29, 1.82) is 0 Å². The van der Waals surface area contributed by atoms with E-state index >= 15 is 0 Å². The van der Waals surface area contributed by atoms with Crippen molar-refractivity contribution in [2.24, 2.45) is 0 Å². The van der Waals surface area contributed by atoms with E-state index in [1.165, 1.54) is 4.52 Å². The van der Waals surface area contributed by atoms with Gasteiger partial charge in [0.05, 0.1) is 12.7 Å². The topological polar surface area (TPSA) is 112 Å². The lowest BCUT2D eigenvalue weighted by Crippen LogP contribution is -2.23. The van der Waals surface area contributed by atoms with Crippen molar-refractivity contribution in [3.05, 3.63) is 54.1 Å². The molecule has 8 nitrogen and oxygen atoms in total. The maximum atomic E-state index is 12.2. The van der Waals surface area contributed by atoms with Gasteiger partial charge in [0.15, 0.2) is 5.65 Å². The molecule has 1 amide bonds. The van der Waals surface area contributed by atoms with Crippen molar-refractivity contribution in [2.45, 2.75) is 6.10 Å². The molecule has 3 rings (SSSR count). The van der Waals surface area contributed by atoms with E-state index in [9.17, 15) is 9.90 Å². The van der Waals surface area contributed by atoms with Gasteiger partial charge in [-0.25, -0.2) is 0 Å². The summed E-state index contributed by atoms with van der Waals surface area (Å²) in [6, 6.07) is 14.1. The van der Waals surface area contributed by atoms with Crippen LogP contribution < -0.4 is 10.6 Å². The Morgan fingerprint density at radius 1 is 1.17 bits per heavy atom. The van der Waals surface area contributed by atoms with Crippen LogP contribution in [0.5, 0.6) is 0 Å². The van der Waals surface area contributed by atoms with E-state index in [4.69, 9.17) is 5.11 Å². The quantitative estimate of drug-likeness (QED) is 0.531. The highest BCUT2D eigenvalue weighted by atomic mass is 16.3. The number of aliphatic hydroxyl groups excluding tert-OH is 2. The van der Waals surface area contributed by atoms with Crippen molar-refractivity contribution in [3.8, 4) is 0 Å². The monoisotopic (exact) mass is 327 g/mol. The fourth-order valence-electron chi connectivity index (χ4n) is 2.14. The van der Waals surface area contributed by atoms with Gasteiger partial charge in [-0.3, -0.25) is 10.1 Å². The number of fused-ring (bicyclic) bond motifs is 1. The highest BCUT2D eigenvalue weighted by molar-refractivity contribution is 6.03. The number of carbonyl (C=O) groups is 1. The number of pyridine rings is 1. The van der Waals surface area contributed by atoms with Gasteiger partial charge < -0.3 is 15.5 Å². The Labute approximate surface area is 137 Å². The fourth-order valence-corrected chi connectivity index (χ4v) is 2.14. The molecule has 0 fully saturated rings. The number of nitrogens with one attached hydrogen (secondary N) is 2. The molecule has 0 spiro atoms. The number of aromatic nitrogens is 3. The van der Waals surface area contributed by atoms with Gasteiger partial charge in [0, 0.05) is 12.1 Å². The third kappa shape index (κ3) is 3.50. The number of hydrogen-bond donors (Lipinski definition) is 4. The van der Waals surface area contributed by atoms with Crippen molar-refractivity contribution >= 4 is 23.3 Å². The minimum atomic E-state index is -0.874. The molecular formula is C16H17N5O3. The molecule has 0 aliphatic heterocycles. The van der Waals surface area contributed by atoms with Gasteiger partial charge in [-0.15, -0.1) is 5.10 Å². The molecule has 0 aliphatic carbocycles. The molecule has 3 aromatic rings. The van der Waals surface area contributed by atoms with E-state index in [2.05, 4.69) is 20.7 Å². The van der Waals surface area contributed by atoms with Crippen LogP contribution in [0.15, 0.2) is 48.5 Å². The first-order valence-electron chi connectivity index (χ1n) is 7.42. The Morgan fingerprint density at radius 3 is 2.71 bits per heavy atom. The standard InChI is InChI=1S/C16H17N5O3/c22-10-12(23)9-17-13-7-4-8-14-18-16(20-21(13)14)19-15(24)11-5-2-1-3-6-11/h1-8,12,17,22-23H,9-10H2,(H,19,20,24). The van der Waals surface area contributed by atoms with Gasteiger partial charge in [-0.2, -0.15) is 9.50 Å². The molecule has 2 heterocycles. The highest BCUT2D eigenvalue weighted by Gasteiger charge is 2.12. The molecule has 24 heavy (non-hydrogen) atoms. The Hall–Kier alpha value is -2.97. The van der Waals surface area contributed by atoms with Gasteiger partial charge >= 0.3 is 0 Å². The second-order valence-corrected chi connectivity index (χ2v) is 5.15. The lowest BCUT2D eigenvalue weighted by atomic mass is 10.2. The summed E-state index contributed by atoms with van der Waals surface area (Å²) >= 11 is 0. The molecule has 0 bridgehead atoms. The first kappa shape index (κ1) is 15.9. The number of benzene rings is 1. The molecule has 0 radical (unpaired) electrons. The lowest BCUT2D eigenvalue weighted by molar-refractivity contribution is 0.102. The van der Waals surface area contributed by atoms with Gasteiger partial charge in [0.25, 0.3) is 5.91 Å². The van der Waals surface area contributed by atoms with Gasteiger partial charge in [-0.05, 0) is 24.3 Å². The van der Waals surface area contributed by atoms with Crippen LogP contribution in [0, 0.1) is 0 Å². The van der Waals surface area contributed by atoms with E-state index in [0.29, 0.717) is 17.0 Å². The second kappa shape index (κ2) is 7.07. The van der Waals surface area contributed by atoms with E-state index in [1.54, 1.807) is 42.5 Å². The summed E-state index contributed by atoms with van der Waals surface area (Å²) < 4.78 is 1.52. The zero-order chi connectivity index (χ0) is 16.9. The van der Waals surface area contributed by atoms with Gasteiger partial charge in [0.2, 0.25) is 5.95 Å². The fraction of sp³-hybridized carbons (Fsp3) is 0.188. The number of aliphatic hydroxyl groups is 2. The number of amides is 1. The third-order valence-corrected chi connectivity index (χ3v) is 3.35. The molecule has 4 N–H and O–H groups in total. The van der Waals surface area contributed by atoms with Crippen molar-refractivity contribution in [2.75, 3.05) is 23.8 Å². The summed E-state index contributed by atoms with van der Waals surface area (Å²) in [5, 5.41) is 28.2. The van der Waals surface area contributed by atoms with Gasteiger partial charge in [0.1, 0.15) is 5.82 Å². The number of nitrogens with zero attached hydrogens (tertiary/aromatic N) is 3. The SMILES string of the molecule is O=C(Nc1nc2cccc(NCC(O)CO)n2n1)c1ccccc1. The smallest absolute Gasteiger partial charge is 0.258 e. The number of rotatable bonds is 6. The molecule has 0 saturated carbocycles. The summed E-state index contributed by atoms with van der Waals surface area (Å²) in [4.78, 5) is 16.4. The zero-order valence-corrected chi connectivity index (χ0v) is 12.8. The van der Waals surface area contributed by atoms with Crippen molar-refractivity contribution < 1.29 is 15.0 Å². The van der Waals surface area contributed by atoms with Crippen LogP contribution in [0.3, 0.4) is 0 Å². The van der Waals surface area contributed by atoms with Crippen LogP contribution >= 0.6 is 0 Å². The molecule has 2 aromatic heterocycles. The predicted octanol–water partition coefficient (Wildman–Crippen LogP) is 0.747. The summed E-state index contributed by atoms with van der Waals surface area (Å²) in [7, 11) is 0.